The second-order valence-electron chi connectivity index (χ2n) is 10.9. The van der Waals surface area contributed by atoms with Crippen LogP contribution in [0.2, 0.25) is 0 Å². The first kappa shape index (κ1) is 25.3. The molecule has 9 heteroatoms. The first-order chi connectivity index (χ1) is 17.8. The van der Waals surface area contributed by atoms with E-state index < -0.39 is 0 Å². The Morgan fingerprint density at radius 3 is 2.38 bits per heavy atom. The van der Waals surface area contributed by atoms with E-state index in [-0.39, 0.29) is 17.7 Å². The van der Waals surface area contributed by atoms with Crippen molar-refractivity contribution in [2.75, 3.05) is 57.9 Å². The van der Waals surface area contributed by atoms with Gasteiger partial charge in [-0.1, -0.05) is 27.4 Å². The van der Waals surface area contributed by atoms with Gasteiger partial charge in [0.15, 0.2) is 11.6 Å². The average molecular weight is 507 g/mol. The second-order valence-corrected chi connectivity index (χ2v) is 10.9. The van der Waals surface area contributed by atoms with E-state index >= 15 is 0 Å². The smallest absolute Gasteiger partial charge is 0.184 e. The monoisotopic (exact) mass is 506 g/mol. The van der Waals surface area contributed by atoms with Crippen LogP contribution in [0.25, 0.3) is 0 Å². The van der Waals surface area contributed by atoms with Crippen molar-refractivity contribution >= 4 is 23.1 Å². The number of likely N-dealkylation sites (tertiary alicyclic amines) is 1. The molecule has 0 spiro atoms. The molecular formula is C28H38N6O3. The number of fused-ring (bicyclic) bond motifs is 1. The van der Waals surface area contributed by atoms with E-state index in [4.69, 9.17) is 14.6 Å². The molecule has 0 saturated carbocycles. The number of ketones is 1. The lowest BCUT2D eigenvalue weighted by Gasteiger charge is -2.33. The third kappa shape index (κ3) is 5.09. The molecule has 4 aliphatic heterocycles. The summed E-state index contributed by atoms with van der Waals surface area (Å²) >= 11 is 0. The maximum Gasteiger partial charge on any atom is 0.184 e. The number of morpholine rings is 1. The SMILES string of the molecule is C=C1N(CC(=O)c2cc(N3CCOCC3)c(OC)c(C(C)(C)C)c2)N=C2C=CC(N3CCCCC3)=NN12. The lowest BCUT2D eigenvalue weighted by atomic mass is 9.84. The second kappa shape index (κ2) is 10.2. The molecule has 4 aliphatic rings. The largest absolute Gasteiger partial charge is 0.494 e. The molecule has 2 saturated heterocycles. The van der Waals surface area contributed by atoms with Gasteiger partial charge >= 0.3 is 0 Å². The maximum atomic E-state index is 13.7. The topological polar surface area (TPSA) is 73.2 Å². The number of hydrazone groups is 2. The van der Waals surface area contributed by atoms with Gasteiger partial charge in [0.25, 0.3) is 0 Å². The van der Waals surface area contributed by atoms with E-state index in [1.165, 1.54) is 19.3 Å². The van der Waals surface area contributed by atoms with Crippen LogP contribution in [0.3, 0.4) is 0 Å². The van der Waals surface area contributed by atoms with E-state index in [0.717, 1.165) is 49.0 Å². The molecule has 0 atom stereocenters. The summed E-state index contributed by atoms with van der Waals surface area (Å²) in [4.78, 5) is 18.2. The number of methoxy groups -OCH3 is 1. The number of carbonyl (C=O) groups is 1. The Balaban J connectivity index is 1.39. The Hall–Kier alpha value is -3.33. The molecule has 0 aromatic heterocycles. The number of carbonyl (C=O) groups excluding carboxylic acids is 1. The summed E-state index contributed by atoms with van der Waals surface area (Å²) < 4.78 is 11.5. The molecule has 0 N–H and O–H groups in total. The van der Waals surface area contributed by atoms with Gasteiger partial charge in [-0.2, -0.15) is 10.1 Å². The van der Waals surface area contributed by atoms with Crippen molar-refractivity contribution in [3.63, 3.8) is 0 Å². The van der Waals surface area contributed by atoms with Crippen molar-refractivity contribution < 1.29 is 14.3 Å². The third-order valence-corrected chi connectivity index (χ3v) is 7.30. The zero-order valence-corrected chi connectivity index (χ0v) is 22.5. The zero-order valence-electron chi connectivity index (χ0n) is 22.5. The minimum absolute atomic E-state index is 0.0303. The predicted octanol–water partition coefficient (Wildman–Crippen LogP) is 3.78. The lowest BCUT2D eigenvalue weighted by Crippen LogP contribution is -2.38. The van der Waals surface area contributed by atoms with Crippen molar-refractivity contribution in [3.8, 4) is 5.75 Å². The molecule has 0 amide bonds. The van der Waals surface area contributed by atoms with Crippen molar-refractivity contribution in [2.45, 2.75) is 45.4 Å². The summed E-state index contributed by atoms with van der Waals surface area (Å²) in [6.07, 6.45) is 7.59. The van der Waals surface area contributed by atoms with Crippen LogP contribution in [-0.4, -0.2) is 85.4 Å². The maximum absolute atomic E-state index is 13.7. The Labute approximate surface area is 219 Å². The molecule has 0 aliphatic carbocycles. The first-order valence-corrected chi connectivity index (χ1v) is 13.2. The van der Waals surface area contributed by atoms with E-state index in [9.17, 15) is 4.79 Å². The summed E-state index contributed by atoms with van der Waals surface area (Å²) in [7, 11) is 1.70. The van der Waals surface area contributed by atoms with Gasteiger partial charge in [0, 0.05) is 37.3 Å². The summed E-state index contributed by atoms with van der Waals surface area (Å²) in [6, 6.07) is 3.92. The quantitative estimate of drug-likeness (QED) is 0.563. The number of nitrogens with zero attached hydrogens (tertiary/aromatic N) is 6. The Morgan fingerprint density at radius 1 is 1.00 bits per heavy atom. The normalized spacial score (nSPS) is 20.2. The van der Waals surface area contributed by atoms with Crippen LogP contribution in [0.5, 0.6) is 5.75 Å². The van der Waals surface area contributed by atoms with Gasteiger partial charge in [-0.15, -0.1) is 5.10 Å². The molecule has 0 bridgehead atoms. The van der Waals surface area contributed by atoms with E-state index in [2.05, 4.69) is 42.3 Å². The van der Waals surface area contributed by atoms with Crippen molar-refractivity contribution in [1.82, 2.24) is 14.9 Å². The highest BCUT2D eigenvalue weighted by molar-refractivity contribution is 6.07. The standard InChI is InChI=1S/C28H38N6O3/c1-20-33(29-26-10-9-25(30-34(20)26)32-11-7-6-8-12-32)19-24(35)21-17-22(28(2,3)4)27(36-5)23(18-21)31-13-15-37-16-14-31/h9-10,17-18H,1,6-8,11-16,19H2,2-5H3. The Kier molecular flexibility index (Phi) is 6.98. The minimum Gasteiger partial charge on any atom is -0.494 e. The molecule has 0 unspecified atom stereocenters. The highest BCUT2D eigenvalue weighted by Crippen LogP contribution is 2.40. The van der Waals surface area contributed by atoms with Gasteiger partial charge in [0.05, 0.1) is 26.0 Å². The molecule has 198 valence electrons. The number of benzene rings is 1. The average Bonchev–Trinajstić information content (AvgIpc) is 3.22. The van der Waals surface area contributed by atoms with Crippen molar-refractivity contribution in [2.24, 2.45) is 10.2 Å². The van der Waals surface area contributed by atoms with Gasteiger partial charge in [0.1, 0.15) is 24.0 Å². The van der Waals surface area contributed by atoms with Gasteiger partial charge in [-0.25, -0.2) is 5.01 Å². The van der Waals surface area contributed by atoms with Crippen molar-refractivity contribution in [1.29, 1.82) is 0 Å². The third-order valence-electron chi connectivity index (χ3n) is 7.30. The van der Waals surface area contributed by atoms with Gasteiger partial charge in [-0.05, 0) is 49.0 Å². The van der Waals surface area contributed by atoms with Crippen LogP contribution in [0.4, 0.5) is 5.69 Å². The van der Waals surface area contributed by atoms with Crippen LogP contribution in [-0.2, 0) is 10.2 Å². The van der Waals surface area contributed by atoms with Gasteiger partial charge < -0.3 is 19.3 Å². The number of amidine groups is 2. The molecular weight excluding hydrogens is 468 g/mol. The molecule has 5 rings (SSSR count). The van der Waals surface area contributed by atoms with Gasteiger partial charge in [-0.3, -0.25) is 4.79 Å². The van der Waals surface area contributed by atoms with E-state index in [0.29, 0.717) is 30.4 Å². The van der Waals surface area contributed by atoms with Crippen LogP contribution in [0, 0.1) is 0 Å². The summed E-state index contributed by atoms with van der Waals surface area (Å²) in [5.74, 6) is 2.97. The molecule has 1 aromatic rings. The molecule has 0 radical (unpaired) electrons. The van der Waals surface area contributed by atoms with E-state index in [1.807, 2.05) is 24.3 Å². The Morgan fingerprint density at radius 2 is 1.70 bits per heavy atom. The number of hydrogen-bond donors (Lipinski definition) is 0. The molecule has 37 heavy (non-hydrogen) atoms. The van der Waals surface area contributed by atoms with Crippen LogP contribution in [0.15, 0.2) is 46.9 Å². The summed E-state index contributed by atoms with van der Waals surface area (Å²) in [5.41, 5.74) is 2.37. The number of Topliss-reactive ketones (excluding diaryl/α,β-unsaturated/α-hetero) is 1. The number of rotatable bonds is 5. The predicted molar refractivity (Wildman–Crippen MR) is 146 cm³/mol. The minimum atomic E-state index is -0.203. The summed E-state index contributed by atoms with van der Waals surface area (Å²) in [5, 5.41) is 12.8. The fourth-order valence-electron chi connectivity index (χ4n) is 5.19. The number of hydrogen-bond acceptors (Lipinski definition) is 9. The number of ether oxygens (including phenoxy) is 2. The fourth-order valence-corrected chi connectivity index (χ4v) is 5.19. The Bertz CT molecular complexity index is 1150. The van der Waals surface area contributed by atoms with Crippen LogP contribution >= 0.6 is 0 Å². The van der Waals surface area contributed by atoms with Crippen LogP contribution in [0.1, 0.15) is 56.0 Å². The molecule has 1 aromatic carbocycles. The molecule has 9 nitrogen and oxygen atoms in total. The van der Waals surface area contributed by atoms with Crippen LogP contribution < -0.4 is 9.64 Å². The number of anilines is 1. The highest BCUT2D eigenvalue weighted by Gasteiger charge is 2.32. The highest BCUT2D eigenvalue weighted by atomic mass is 16.5. The van der Waals surface area contributed by atoms with Gasteiger partial charge in [0.2, 0.25) is 0 Å². The first-order valence-electron chi connectivity index (χ1n) is 13.2. The number of piperidine rings is 1. The molecule has 4 heterocycles. The van der Waals surface area contributed by atoms with E-state index in [1.54, 1.807) is 17.1 Å². The fraction of sp³-hybridized carbons (Fsp3) is 0.536. The van der Waals surface area contributed by atoms with Crippen molar-refractivity contribution in [3.05, 3.63) is 47.8 Å². The lowest BCUT2D eigenvalue weighted by molar-refractivity contribution is 0.0947. The summed E-state index contributed by atoms with van der Waals surface area (Å²) in [6.45, 7) is 15.5. The zero-order chi connectivity index (χ0) is 26.2. The molecule has 2 fully saturated rings.